The van der Waals surface area contributed by atoms with Gasteiger partial charge >= 0.3 is 18.3 Å². The van der Waals surface area contributed by atoms with Gasteiger partial charge in [0.1, 0.15) is 11.5 Å². The van der Waals surface area contributed by atoms with Gasteiger partial charge in [0.25, 0.3) is 0 Å². The Morgan fingerprint density at radius 2 is 1.79 bits per heavy atom. The van der Waals surface area contributed by atoms with Crippen LogP contribution in [0.25, 0.3) is 11.3 Å². The molecule has 3 rings (SSSR count). The Bertz CT molecular complexity index is 968. The number of carbonyl (C=O) groups is 1. The van der Waals surface area contributed by atoms with Gasteiger partial charge in [-0.2, -0.15) is 31.4 Å². The van der Waals surface area contributed by atoms with E-state index in [0.29, 0.717) is 44.6 Å². The van der Waals surface area contributed by atoms with E-state index in [1.54, 1.807) is 0 Å². The van der Waals surface area contributed by atoms with Crippen LogP contribution in [0.3, 0.4) is 0 Å². The minimum Gasteiger partial charge on any atom is -0.481 e. The number of halogens is 6. The van der Waals surface area contributed by atoms with E-state index in [1.807, 2.05) is 0 Å². The molecule has 1 aliphatic heterocycles. The molecule has 180 valence electrons. The van der Waals surface area contributed by atoms with Crippen LogP contribution in [0, 0.1) is 11.8 Å². The van der Waals surface area contributed by atoms with Gasteiger partial charge in [-0.1, -0.05) is 0 Å². The number of carboxylic acids is 1. The summed E-state index contributed by atoms with van der Waals surface area (Å²) >= 11 is 0. The Hall–Kier alpha value is -3.02. The first-order chi connectivity index (χ1) is 15.4. The standard InChI is InChI=1S/C21H21F6N3O3/c22-20(23,24)15-6-13(7-16(8-15)21(25,26)27)18-2-1-17(33-18)11-30-29-4-3-12-5-14(19(31)32)10-28-9-12/h1-2,6-8,11-12,14,28-29H,3-5,9-10H2,(H,31,32)/b30-11+/t12-,14+/m0/s1. The van der Waals surface area contributed by atoms with Crippen LogP contribution < -0.4 is 10.7 Å². The monoisotopic (exact) mass is 477 g/mol. The van der Waals surface area contributed by atoms with Crippen LogP contribution in [-0.4, -0.2) is 36.9 Å². The number of nitrogens with one attached hydrogen (secondary N) is 2. The molecule has 1 aliphatic rings. The average molecular weight is 477 g/mol. The minimum atomic E-state index is -4.95. The highest BCUT2D eigenvalue weighted by molar-refractivity contribution is 5.77. The van der Waals surface area contributed by atoms with Crippen molar-refractivity contribution in [3.05, 3.63) is 47.2 Å². The zero-order chi connectivity index (χ0) is 24.2. The van der Waals surface area contributed by atoms with Crippen molar-refractivity contribution in [3.63, 3.8) is 0 Å². The molecule has 1 aromatic heterocycles. The van der Waals surface area contributed by atoms with Gasteiger partial charge in [-0.05, 0) is 55.6 Å². The van der Waals surface area contributed by atoms with Crippen molar-refractivity contribution >= 4 is 12.2 Å². The third-order valence-corrected chi connectivity index (χ3v) is 5.24. The first-order valence-electron chi connectivity index (χ1n) is 10.0. The van der Waals surface area contributed by atoms with Crippen molar-refractivity contribution < 1.29 is 40.7 Å². The number of hydrogen-bond donors (Lipinski definition) is 3. The second-order valence-electron chi connectivity index (χ2n) is 7.75. The Morgan fingerprint density at radius 3 is 2.39 bits per heavy atom. The summed E-state index contributed by atoms with van der Waals surface area (Å²) in [4.78, 5) is 11.1. The lowest BCUT2D eigenvalue weighted by Crippen LogP contribution is -2.40. The fourth-order valence-corrected chi connectivity index (χ4v) is 3.56. The predicted octanol–water partition coefficient (Wildman–Crippen LogP) is 4.61. The summed E-state index contributed by atoms with van der Waals surface area (Å²) in [6.07, 6.45) is -7.42. The Morgan fingerprint density at radius 1 is 1.12 bits per heavy atom. The van der Waals surface area contributed by atoms with Crippen molar-refractivity contribution in [2.24, 2.45) is 16.9 Å². The van der Waals surface area contributed by atoms with Gasteiger partial charge in [0.15, 0.2) is 0 Å². The SMILES string of the molecule is O=C(O)[C@H]1CNC[C@@H](CCN/N=C/c2ccc(-c3cc(C(F)(F)F)cc(C(F)(F)F)c3)o2)C1. The second-order valence-corrected chi connectivity index (χ2v) is 7.75. The van der Waals surface area contributed by atoms with Gasteiger partial charge in [-0.25, -0.2) is 0 Å². The molecule has 0 bridgehead atoms. The summed E-state index contributed by atoms with van der Waals surface area (Å²) in [6.45, 7) is 1.59. The number of piperidine rings is 1. The maximum Gasteiger partial charge on any atom is 0.416 e. The van der Waals surface area contributed by atoms with Crippen LogP contribution >= 0.6 is 0 Å². The normalized spacial score (nSPS) is 19.7. The van der Waals surface area contributed by atoms with Gasteiger partial charge in [0.05, 0.1) is 23.3 Å². The van der Waals surface area contributed by atoms with E-state index in [-0.39, 0.29) is 29.1 Å². The zero-order valence-corrected chi connectivity index (χ0v) is 17.1. The molecule has 0 aliphatic carbocycles. The number of hydrogen-bond acceptors (Lipinski definition) is 5. The van der Waals surface area contributed by atoms with Crippen LogP contribution in [0.4, 0.5) is 26.3 Å². The molecule has 0 spiro atoms. The Balaban J connectivity index is 1.62. The van der Waals surface area contributed by atoms with Gasteiger partial charge in [0.2, 0.25) is 0 Å². The molecule has 2 heterocycles. The number of hydrazone groups is 1. The number of benzene rings is 1. The van der Waals surface area contributed by atoms with E-state index in [2.05, 4.69) is 15.8 Å². The molecule has 2 aromatic rings. The molecule has 0 amide bonds. The Kier molecular flexibility index (Phi) is 7.35. The molecule has 12 heteroatoms. The van der Waals surface area contributed by atoms with Crippen LogP contribution in [0.15, 0.2) is 39.9 Å². The summed E-state index contributed by atoms with van der Waals surface area (Å²) in [5.41, 5.74) is -0.445. The van der Waals surface area contributed by atoms with E-state index in [4.69, 9.17) is 9.52 Å². The molecule has 1 fully saturated rings. The number of aliphatic carboxylic acids is 1. The quantitative estimate of drug-likeness (QED) is 0.235. The van der Waals surface area contributed by atoms with E-state index in [1.165, 1.54) is 18.3 Å². The van der Waals surface area contributed by atoms with Crippen molar-refractivity contribution in [2.45, 2.75) is 25.2 Å². The molecule has 0 unspecified atom stereocenters. The van der Waals surface area contributed by atoms with Crippen LogP contribution in [0.1, 0.15) is 29.7 Å². The molecule has 0 radical (unpaired) electrons. The van der Waals surface area contributed by atoms with Crippen LogP contribution in [-0.2, 0) is 17.1 Å². The first-order valence-corrected chi connectivity index (χ1v) is 10.0. The summed E-state index contributed by atoms with van der Waals surface area (Å²) < 4.78 is 83.5. The van der Waals surface area contributed by atoms with E-state index in [9.17, 15) is 31.1 Å². The number of furan rings is 1. The van der Waals surface area contributed by atoms with Gasteiger partial charge in [-0.3, -0.25) is 4.79 Å². The molecular formula is C21H21F6N3O3. The lowest BCUT2D eigenvalue weighted by atomic mass is 9.88. The van der Waals surface area contributed by atoms with Gasteiger partial charge < -0.3 is 20.3 Å². The van der Waals surface area contributed by atoms with Gasteiger partial charge in [0, 0.05) is 18.7 Å². The van der Waals surface area contributed by atoms with Gasteiger partial charge in [-0.15, -0.1) is 0 Å². The molecule has 3 N–H and O–H groups in total. The second kappa shape index (κ2) is 9.86. The number of nitrogens with zero attached hydrogens (tertiary/aromatic N) is 1. The maximum atomic E-state index is 13.0. The topological polar surface area (TPSA) is 86.9 Å². The van der Waals surface area contributed by atoms with Crippen molar-refractivity contribution in [1.29, 1.82) is 0 Å². The molecule has 1 aromatic carbocycles. The lowest BCUT2D eigenvalue weighted by molar-refractivity contribution is -0.144. The smallest absolute Gasteiger partial charge is 0.416 e. The fourth-order valence-electron chi connectivity index (χ4n) is 3.56. The zero-order valence-electron chi connectivity index (χ0n) is 17.1. The maximum absolute atomic E-state index is 13.0. The van der Waals surface area contributed by atoms with E-state index < -0.39 is 35.4 Å². The molecule has 0 saturated carbocycles. The van der Waals surface area contributed by atoms with Crippen molar-refractivity contribution in [2.75, 3.05) is 19.6 Å². The first kappa shape index (κ1) is 24.6. The minimum absolute atomic E-state index is 0.0548. The fraction of sp³-hybridized carbons (Fsp3) is 0.429. The molecular weight excluding hydrogens is 456 g/mol. The molecule has 2 atom stereocenters. The highest BCUT2D eigenvalue weighted by atomic mass is 19.4. The largest absolute Gasteiger partial charge is 0.481 e. The predicted molar refractivity (Wildman–Crippen MR) is 106 cm³/mol. The summed E-state index contributed by atoms with van der Waals surface area (Å²) in [5, 5.41) is 16.1. The van der Waals surface area contributed by atoms with E-state index >= 15 is 0 Å². The van der Waals surface area contributed by atoms with Crippen molar-refractivity contribution in [3.8, 4) is 11.3 Å². The highest BCUT2D eigenvalue weighted by Crippen LogP contribution is 2.38. The summed E-state index contributed by atoms with van der Waals surface area (Å²) in [5.74, 6) is -1.13. The van der Waals surface area contributed by atoms with Crippen LogP contribution in [0.5, 0.6) is 0 Å². The van der Waals surface area contributed by atoms with E-state index in [0.717, 1.165) is 0 Å². The summed E-state index contributed by atoms with van der Waals surface area (Å²) in [7, 11) is 0. The number of carboxylic acid groups (broad SMARTS) is 1. The van der Waals surface area contributed by atoms with Crippen LogP contribution in [0.2, 0.25) is 0 Å². The average Bonchev–Trinajstić information content (AvgIpc) is 3.21. The number of rotatable bonds is 7. The molecule has 6 nitrogen and oxygen atoms in total. The summed E-state index contributed by atoms with van der Waals surface area (Å²) in [6, 6.07) is 3.87. The molecule has 33 heavy (non-hydrogen) atoms. The molecule has 1 saturated heterocycles. The highest BCUT2D eigenvalue weighted by Gasteiger charge is 2.37. The lowest BCUT2D eigenvalue weighted by Gasteiger charge is -2.27. The number of alkyl halides is 6. The van der Waals surface area contributed by atoms with Crippen molar-refractivity contribution in [1.82, 2.24) is 10.7 Å². The third-order valence-electron chi connectivity index (χ3n) is 5.24. The third kappa shape index (κ3) is 6.73. The Labute approximate surface area is 184 Å².